The van der Waals surface area contributed by atoms with Crippen LogP contribution in [-0.4, -0.2) is 56.5 Å². The van der Waals surface area contributed by atoms with E-state index in [1.54, 1.807) is 12.3 Å². The lowest BCUT2D eigenvalue weighted by Crippen LogP contribution is -2.48. The number of carbonyl (C=O) groups excluding carboxylic acids is 1. The number of likely N-dealkylation sites (tertiary alicyclic amines) is 1. The van der Waals surface area contributed by atoms with Gasteiger partial charge >= 0.3 is 0 Å². The maximum Gasteiger partial charge on any atom is 0.266 e. The molecule has 3 rings (SSSR count). The molecule has 1 atom stereocenters. The maximum absolute atomic E-state index is 12.5. The van der Waals surface area contributed by atoms with Crippen LogP contribution < -0.4 is 10.9 Å². The third-order valence-corrected chi connectivity index (χ3v) is 4.99. The monoisotopic (exact) mass is 358 g/mol. The SMILES string of the molecule is Cc1n[nH]c(C)c1C(=O)NCC1CCCCN1CCn1ncccc1=O. The summed E-state index contributed by atoms with van der Waals surface area (Å²) in [6, 6.07) is 3.45. The second-order valence-electron chi connectivity index (χ2n) is 6.79. The predicted octanol–water partition coefficient (Wildman–Crippen LogP) is 0.868. The number of aromatic nitrogens is 4. The van der Waals surface area contributed by atoms with Crippen molar-refractivity contribution in [3.05, 3.63) is 45.6 Å². The van der Waals surface area contributed by atoms with Crippen LogP contribution in [0.5, 0.6) is 0 Å². The van der Waals surface area contributed by atoms with E-state index in [2.05, 4.69) is 25.5 Å². The minimum atomic E-state index is -0.0831. The average Bonchev–Trinajstić information content (AvgIpc) is 2.98. The molecular formula is C18H26N6O2. The molecular weight excluding hydrogens is 332 g/mol. The number of aryl methyl sites for hydroxylation is 2. The highest BCUT2D eigenvalue weighted by molar-refractivity contribution is 5.96. The van der Waals surface area contributed by atoms with Crippen LogP contribution in [0.15, 0.2) is 23.1 Å². The molecule has 0 radical (unpaired) electrons. The number of aromatic amines is 1. The van der Waals surface area contributed by atoms with Crippen molar-refractivity contribution in [2.75, 3.05) is 19.6 Å². The molecule has 1 amide bonds. The second-order valence-corrected chi connectivity index (χ2v) is 6.79. The van der Waals surface area contributed by atoms with Crippen molar-refractivity contribution in [1.82, 2.24) is 30.2 Å². The zero-order valence-corrected chi connectivity index (χ0v) is 15.4. The summed E-state index contributed by atoms with van der Waals surface area (Å²) in [6.45, 7) is 6.57. The number of nitrogens with zero attached hydrogens (tertiary/aromatic N) is 4. The van der Waals surface area contributed by atoms with Gasteiger partial charge in [-0.2, -0.15) is 10.2 Å². The molecule has 26 heavy (non-hydrogen) atoms. The van der Waals surface area contributed by atoms with E-state index >= 15 is 0 Å². The Morgan fingerprint density at radius 1 is 1.35 bits per heavy atom. The molecule has 1 aliphatic heterocycles. The fourth-order valence-electron chi connectivity index (χ4n) is 3.55. The first kappa shape index (κ1) is 18.3. The zero-order chi connectivity index (χ0) is 18.5. The Morgan fingerprint density at radius 3 is 2.92 bits per heavy atom. The summed E-state index contributed by atoms with van der Waals surface area (Å²) in [7, 11) is 0. The van der Waals surface area contributed by atoms with Crippen molar-refractivity contribution in [3.63, 3.8) is 0 Å². The van der Waals surface area contributed by atoms with E-state index in [4.69, 9.17) is 0 Å². The van der Waals surface area contributed by atoms with Gasteiger partial charge in [0.25, 0.3) is 11.5 Å². The van der Waals surface area contributed by atoms with Crippen molar-refractivity contribution in [2.24, 2.45) is 0 Å². The molecule has 2 aromatic rings. The normalized spacial score (nSPS) is 18.0. The lowest BCUT2D eigenvalue weighted by molar-refractivity contribution is 0.0908. The minimum absolute atomic E-state index is 0.0831. The molecule has 1 aliphatic rings. The fourth-order valence-corrected chi connectivity index (χ4v) is 3.55. The number of piperidine rings is 1. The van der Waals surface area contributed by atoms with Crippen molar-refractivity contribution in [1.29, 1.82) is 0 Å². The van der Waals surface area contributed by atoms with Crippen LogP contribution in [0.1, 0.15) is 41.0 Å². The molecule has 0 aromatic carbocycles. The Morgan fingerprint density at radius 2 is 2.19 bits per heavy atom. The summed E-state index contributed by atoms with van der Waals surface area (Å²) in [4.78, 5) is 26.6. The van der Waals surface area contributed by atoms with Crippen LogP contribution >= 0.6 is 0 Å². The highest BCUT2D eigenvalue weighted by Gasteiger charge is 2.24. The number of H-pyrrole nitrogens is 1. The van der Waals surface area contributed by atoms with Crippen LogP contribution in [0.3, 0.4) is 0 Å². The summed E-state index contributed by atoms with van der Waals surface area (Å²) in [5.41, 5.74) is 2.05. The Bertz CT molecular complexity index is 793. The number of hydrogen-bond acceptors (Lipinski definition) is 5. The maximum atomic E-state index is 12.5. The van der Waals surface area contributed by atoms with Crippen LogP contribution in [0.2, 0.25) is 0 Å². The standard InChI is InChI=1S/C18H26N6O2/c1-13-17(14(2)22-21-13)18(26)19-12-15-6-3-4-9-23(15)10-11-24-16(25)7-5-8-20-24/h5,7-8,15H,3-4,6,9-12H2,1-2H3,(H,19,26)(H,21,22). The zero-order valence-electron chi connectivity index (χ0n) is 15.4. The first-order valence-electron chi connectivity index (χ1n) is 9.12. The van der Waals surface area contributed by atoms with Crippen molar-refractivity contribution in [3.8, 4) is 0 Å². The molecule has 1 fully saturated rings. The topological polar surface area (TPSA) is 95.9 Å². The van der Waals surface area contributed by atoms with E-state index in [0.717, 1.165) is 43.7 Å². The summed E-state index contributed by atoms with van der Waals surface area (Å²) in [6.07, 6.45) is 4.97. The number of nitrogens with one attached hydrogen (secondary N) is 2. The van der Waals surface area contributed by atoms with Gasteiger partial charge in [-0.25, -0.2) is 4.68 Å². The lowest BCUT2D eigenvalue weighted by atomic mass is 10.0. The van der Waals surface area contributed by atoms with Gasteiger partial charge in [0, 0.05) is 37.1 Å². The molecule has 1 unspecified atom stereocenters. The molecule has 0 spiro atoms. The summed E-state index contributed by atoms with van der Waals surface area (Å²) >= 11 is 0. The van der Waals surface area contributed by atoms with Crippen molar-refractivity contribution in [2.45, 2.75) is 45.7 Å². The molecule has 0 aliphatic carbocycles. The molecule has 0 saturated carbocycles. The van der Waals surface area contributed by atoms with Gasteiger partial charge in [0.2, 0.25) is 0 Å². The quantitative estimate of drug-likeness (QED) is 0.799. The molecule has 1 saturated heterocycles. The molecule has 8 heteroatoms. The van der Waals surface area contributed by atoms with E-state index in [9.17, 15) is 9.59 Å². The summed E-state index contributed by atoms with van der Waals surface area (Å²) in [5.74, 6) is -0.0831. The Kier molecular flexibility index (Phi) is 5.82. The van der Waals surface area contributed by atoms with Crippen LogP contribution in [0.25, 0.3) is 0 Å². The minimum Gasteiger partial charge on any atom is -0.350 e. The van der Waals surface area contributed by atoms with Gasteiger partial charge < -0.3 is 5.32 Å². The Balaban J connectivity index is 1.58. The van der Waals surface area contributed by atoms with Gasteiger partial charge in [-0.1, -0.05) is 6.42 Å². The third-order valence-electron chi connectivity index (χ3n) is 4.99. The molecule has 140 valence electrons. The van der Waals surface area contributed by atoms with Crippen LogP contribution in [0.4, 0.5) is 0 Å². The van der Waals surface area contributed by atoms with Gasteiger partial charge in [-0.3, -0.25) is 19.6 Å². The summed E-state index contributed by atoms with van der Waals surface area (Å²) < 4.78 is 1.49. The van der Waals surface area contributed by atoms with E-state index < -0.39 is 0 Å². The lowest BCUT2D eigenvalue weighted by Gasteiger charge is -2.35. The number of amides is 1. The highest BCUT2D eigenvalue weighted by Crippen LogP contribution is 2.17. The van der Waals surface area contributed by atoms with Crippen LogP contribution in [-0.2, 0) is 6.54 Å². The number of hydrogen-bond donors (Lipinski definition) is 2. The summed E-state index contributed by atoms with van der Waals surface area (Å²) in [5, 5.41) is 14.1. The second kappa shape index (κ2) is 8.27. The third kappa shape index (κ3) is 4.19. The van der Waals surface area contributed by atoms with Gasteiger partial charge in [-0.05, 0) is 39.3 Å². The Labute approximate surface area is 152 Å². The Hall–Kier alpha value is -2.48. The first-order chi connectivity index (χ1) is 12.6. The van der Waals surface area contributed by atoms with Gasteiger partial charge in [0.05, 0.1) is 17.8 Å². The molecule has 3 heterocycles. The largest absolute Gasteiger partial charge is 0.350 e. The smallest absolute Gasteiger partial charge is 0.266 e. The van der Waals surface area contributed by atoms with Gasteiger partial charge in [0.1, 0.15) is 0 Å². The molecule has 2 aromatic heterocycles. The van der Waals surface area contributed by atoms with E-state index in [1.165, 1.54) is 10.7 Å². The molecule has 2 N–H and O–H groups in total. The van der Waals surface area contributed by atoms with Crippen molar-refractivity contribution < 1.29 is 4.79 Å². The molecule has 0 bridgehead atoms. The predicted molar refractivity (Wildman–Crippen MR) is 98.1 cm³/mol. The first-order valence-corrected chi connectivity index (χ1v) is 9.12. The highest BCUT2D eigenvalue weighted by atomic mass is 16.1. The van der Waals surface area contributed by atoms with E-state index in [-0.39, 0.29) is 17.5 Å². The van der Waals surface area contributed by atoms with Crippen LogP contribution in [0, 0.1) is 13.8 Å². The fraction of sp³-hybridized carbons (Fsp3) is 0.556. The molecule has 8 nitrogen and oxygen atoms in total. The van der Waals surface area contributed by atoms with Crippen molar-refractivity contribution >= 4 is 5.91 Å². The number of rotatable bonds is 6. The van der Waals surface area contributed by atoms with E-state index in [0.29, 0.717) is 18.7 Å². The average molecular weight is 358 g/mol. The van der Waals surface area contributed by atoms with Gasteiger partial charge in [-0.15, -0.1) is 0 Å². The van der Waals surface area contributed by atoms with E-state index in [1.807, 2.05) is 13.8 Å². The van der Waals surface area contributed by atoms with Gasteiger partial charge in [0.15, 0.2) is 0 Å². The number of carbonyl (C=O) groups is 1.